The highest BCUT2D eigenvalue weighted by Gasteiger charge is 2.41. The van der Waals surface area contributed by atoms with Gasteiger partial charge >= 0.3 is 6.18 Å². The third-order valence-electron chi connectivity index (χ3n) is 7.14. The number of nitrogens with one attached hydrogen (secondary N) is 2. The summed E-state index contributed by atoms with van der Waals surface area (Å²) in [5.41, 5.74) is -1.10. The maximum Gasteiger partial charge on any atom is 0.416 e. The number of hydrogen-bond acceptors (Lipinski definition) is 5. The molecule has 4 rings (SSSR count). The summed E-state index contributed by atoms with van der Waals surface area (Å²) >= 11 is 0. The average molecular weight is 506 g/mol. The van der Waals surface area contributed by atoms with Gasteiger partial charge in [-0.2, -0.15) is 13.2 Å². The third-order valence-corrected chi connectivity index (χ3v) is 7.14. The Morgan fingerprint density at radius 2 is 1.72 bits per heavy atom. The van der Waals surface area contributed by atoms with Gasteiger partial charge < -0.3 is 20.8 Å². The normalized spacial score (nSPS) is 27.0. The zero-order valence-electron chi connectivity index (χ0n) is 19.7. The molecule has 1 aliphatic heterocycles. The largest absolute Gasteiger partial charge is 0.416 e. The molecular formula is C26H30F3N3O4. The molecule has 0 bridgehead atoms. The fourth-order valence-corrected chi connectivity index (χ4v) is 5.10. The number of aliphatic hydroxyl groups excluding tert-OH is 1. The van der Waals surface area contributed by atoms with Gasteiger partial charge in [0.15, 0.2) is 0 Å². The summed E-state index contributed by atoms with van der Waals surface area (Å²) in [5.74, 6) is -1.33. The summed E-state index contributed by atoms with van der Waals surface area (Å²) in [6, 6.07) is 13.2. The maximum atomic E-state index is 12.9. The zero-order chi connectivity index (χ0) is 25.9. The standard InChI is InChI=1S/C26H30F3N3O4/c27-26(28,29)19-8-4-5-17(13-19)24(35)30-14-23(34)31-21-15-32(16-22(21)33)20-9-11-25(36,12-10-20)18-6-2-1-3-7-18/h1-8,13,20-22,33,36H,9-12,14-16H2,(H,30,35)(H,31,34). The number of halogens is 3. The highest BCUT2D eigenvalue weighted by molar-refractivity contribution is 5.96. The van der Waals surface area contributed by atoms with Crippen LogP contribution in [0.1, 0.15) is 47.2 Å². The number of hydrogen-bond donors (Lipinski definition) is 4. The molecule has 0 aromatic heterocycles. The Kier molecular flexibility index (Phi) is 7.67. The minimum atomic E-state index is -4.57. The van der Waals surface area contributed by atoms with Crippen molar-refractivity contribution < 1.29 is 33.0 Å². The number of benzene rings is 2. The van der Waals surface area contributed by atoms with Gasteiger partial charge in [0.1, 0.15) is 0 Å². The Labute approximate surface area is 207 Å². The summed E-state index contributed by atoms with van der Waals surface area (Å²) < 4.78 is 38.6. The molecule has 2 amide bonds. The Morgan fingerprint density at radius 3 is 2.39 bits per heavy atom. The highest BCUT2D eigenvalue weighted by Crippen LogP contribution is 2.39. The Bertz CT molecular complexity index is 1070. The van der Waals surface area contributed by atoms with Gasteiger partial charge in [0.2, 0.25) is 5.91 Å². The Morgan fingerprint density at radius 1 is 1.03 bits per heavy atom. The van der Waals surface area contributed by atoms with Crippen LogP contribution in [0.15, 0.2) is 54.6 Å². The van der Waals surface area contributed by atoms with Crippen LogP contribution >= 0.6 is 0 Å². The molecule has 2 aromatic rings. The first-order valence-electron chi connectivity index (χ1n) is 12.0. The van der Waals surface area contributed by atoms with Crippen LogP contribution < -0.4 is 10.6 Å². The van der Waals surface area contributed by atoms with Crippen molar-refractivity contribution in [3.05, 3.63) is 71.3 Å². The Balaban J connectivity index is 1.25. The molecule has 194 valence electrons. The molecule has 2 aromatic carbocycles. The van der Waals surface area contributed by atoms with Crippen molar-refractivity contribution in [1.82, 2.24) is 15.5 Å². The van der Waals surface area contributed by atoms with E-state index >= 15 is 0 Å². The predicted octanol–water partition coefficient (Wildman–Crippen LogP) is 2.43. The van der Waals surface area contributed by atoms with E-state index < -0.39 is 47.8 Å². The lowest BCUT2D eigenvalue weighted by atomic mass is 9.77. The van der Waals surface area contributed by atoms with E-state index in [0.717, 1.165) is 36.6 Å². The molecule has 2 aliphatic rings. The van der Waals surface area contributed by atoms with Crippen molar-refractivity contribution in [1.29, 1.82) is 0 Å². The van der Waals surface area contributed by atoms with E-state index in [4.69, 9.17) is 0 Å². The number of β-amino-alcohol motifs (C(OH)–C–C–N with tert-alkyl or cyclic N) is 1. The molecule has 2 fully saturated rings. The number of nitrogens with zero attached hydrogens (tertiary/aromatic N) is 1. The van der Waals surface area contributed by atoms with E-state index in [1.807, 2.05) is 30.3 Å². The van der Waals surface area contributed by atoms with E-state index in [0.29, 0.717) is 25.9 Å². The van der Waals surface area contributed by atoms with Crippen LogP contribution in [0.2, 0.25) is 0 Å². The van der Waals surface area contributed by atoms with Gasteiger partial charge in [-0.05, 0) is 49.4 Å². The van der Waals surface area contributed by atoms with Gasteiger partial charge in [0, 0.05) is 24.7 Å². The van der Waals surface area contributed by atoms with Gasteiger partial charge in [-0.3, -0.25) is 14.5 Å². The molecule has 36 heavy (non-hydrogen) atoms. The van der Waals surface area contributed by atoms with E-state index in [1.165, 1.54) is 6.07 Å². The molecule has 0 spiro atoms. The van der Waals surface area contributed by atoms with Gasteiger partial charge in [0.25, 0.3) is 5.91 Å². The van der Waals surface area contributed by atoms with E-state index in [2.05, 4.69) is 15.5 Å². The fraction of sp³-hybridized carbons (Fsp3) is 0.462. The molecule has 1 aliphatic carbocycles. The molecule has 7 nitrogen and oxygen atoms in total. The number of rotatable bonds is 6. The van der Waals surface area contributed by atoms with Gasteiger partial charge in [-0.25, -0.2) is 0 Å². The first kappa shape index (κ1) is 26.1. The van der Waals surface area contributed by atoms with Crippen LogP contribution in [-0.2, 0) is 16.6 Å². The molecule has 1 heterocycles. The first-order chi connectivity index (χ1) is 17.0. The number of alkyl halides is 3. The smallest absolute Gasteiger partial charge is 0.390 e. The van der Waals surface area contributed by atoms with E-state index in [9.17, 15) is 33.0 Å². The molecule has 2 atom stereocenters. The van der Waals surface area contributed by atoms with Crippen LogP contribution in [0.5, 0.6) is 0 Å². The second-order valence-corrected chi connectivity index (χ2v) is 9.59. The van der Waals surface area contributed by atoms with Crippen LogP contribution in [-0.4, -0.2) is 64.7 Å². The number of carbonyl (C=O) groups excluding carboxylic acids is 2. The monoisotopic (exact) mass is 505 g/mol. The van der Waals surface area contributed by atoms with Crippen molar-refractivity contribution in [2.75, 3.05) is 19.6 Å². The van der Waals surface area contributed by atoms with Crippen molar-refractivity contribution in [3.63, 3.8) is 0 Å². The number of carbonyl (C=O) groups is 2. The molecule has 4 N–H and O–H groups in total. The summed E-state index contributed by atoms with van der Waals surface area (Å²) in [6.45, 7) is 0.394. The molecular weight excluding hydrogens is 475 g/mol. The van der Waals surface area contributed by atoms with Gasteiger partial charge in [-0.15, -0.1) is 0 Å². The van der Waals surface area contributed by atoms with Crippen molar-refractivity contribution in [2.24, 2.45) is 0 Å². The van der Waals surface area contributed by atoms with Crippen molar-refractivity contribution >= 4 is 11.8 Å². The molecule has 0 radical (unpaired) electrons. The fourth-order valence-electron chi connectivity index (χ4n) is 5.10. The van der Waals surface area contributed by atoms with Crippen LogP contribution in [0, 0.1) is 0 Å². The maximum absolute atomic E-state index is 12.9. The summed E-state index contributed by atoms with van der Waals surface area (Å²) in [7, 11) is 0. The minimum Gasteiger partial charge on any atom is -0.390 e. The van der Waals surface area contributed by atoms with Crippen LogP contribution in [0.25, 0.3) is 0 Å². The third kappa shape index (κ3) is 6.05. The number of aliphatic hydroxyl groups is 2. The lowest BCUT2D eigenvalue weighted by Crippen LogP contribution is -2.47. The van der Waals surface area contributed by atoms with E-state index in [-0.39, 0.29) is 11.6 Å². The lowest BCUT2D eigenvalue weighted by molar-refractivity contribution is -0.137. The Hall–Kier alpha value is -2.95. The predicted molar refractivity (Wildman–Crippen MR) is 126 cm³/mol. The van der Waals surface area contributed by atoms with Gasteiger partial charge in [-0.1, -0.05) is 36.4 Å². The number of amides is 2. The van der Waals surface area contributed by atoms with Crippen molar-refractivity contribution in [3.8, 4) is 0 Å². The average Bonchev–Trinajstić information content (AvgIpc) is 3.22. The SMILES string of the molecule is O=C(CNC(=O)c1cccc(C(F)(F)F)c1)NC1CN(C2CCC(O)(c3ccccc3)CC2)CC1O. The minimum absolute atomic E-state index is 0.172. The highest BCUT2D eigenvalue weighted by atomic mass is 19.4. The summed E-state index contributed by atoms with van der Waals surface area (Å²) in [6.07, 6.45) is -2.64. The van der Waals surface area contributed by atoms with Crippen molar-refractivity contribution in [2.45, 2.75) is 55.6 Å². The van der Waals surface area contributed by atoms with Crippen LogP contribution in [0.4, 0.5) is 13.2 Å². The second-order valence-electron chi connectivity index (χ2n) is 9.59. The topological polar surface area (TPSA) is 102 Å². The molecule has 1 saturated heterocycles. The first-order valence-corrected chi connectivity index (χ1v) is 12.0. The quantitative estimate of drug-likeness (QED) is 0.483. The number of likely N-dealkylation sites (tertiary alicyclic amines) is 1. The van der Waals surface area contributed by atoms with Gasteiger partial charge in [0.05, 0.1) is 29.9 Å². The zero-order valence-corrected chi connectivity index (χ0v) is 19.7. The molecule has 1 saturated carbocycles. The summed E-state index contributed by atoms with van der Waals surface area (Å²) in [4.78, 5) is 26.7. The summed E-state index contributed by atoms with van der Waals surface area (Å²) in [5, 5.41) is 26.6. The molecule has 2 unspecified atom stereocenters. The second kappa shape index (κ2) is 10.6. The van der Waals surface area contributed by atoms with E-state index in [1.54, 1.807) is 0 Å². The molecule has 10 heteroatoms. The van der Waals surface area contributed by atoms with Crippen LogP contribution in [0.3, 0.4) is 0 Å². The lowest BCUT2D eigenvalue weighted by Gasteiger charge is -2.40.